The highest BCUT2D eigenvalue weighted by molar-refractivity contribution is 5.76. The molecule has 0 fully saturated rings. The number of unbranched alkanes of at least 4 members (excludes halogenated alkanes) is 14. The van der Waals surface area contributed by atoms with Gasteiger partial charge in [0, 0.05) is 12.6 Å². The SMILES string of the molecule is CCCCCCCCCCCCCCCCCC(=O)NN=CCC(C)C. The second kappa shape index (κ2) is 20.5. The van der Waals surface area contributed by atoms with Crippen molar-refractivity contribution in [2.24, 2.45) is 11.0 Å². The lowest BCUT2D eigenvalue weighted by atomic mass is 10.0. The number of carbonyl (C=O) groups is 1. The van der Waals surface area contributed by atoms with E-state index in [0.29, 0.717) is 12.3 Å². The van der Waals surface area contributed by atoms with E-state index in [1.807, 2.05) is 0 Å². The van der Waals surface area contributed by atoms with Crippen LogP contribution in [-0.2, 0) is 4.79 Å². The van der Waals surface area contributed by atoms with Crippen molar-refractivity contribution in [1.29, 1.82) is 0 Å². The second-order valence-corrected chi connectivity index (χ2v) is 8.18. The summed E-state index contributed by atoms with van der Waals surface area (Å²) in [5, 5.41) is 3.98. The fourth-order valence-electron chi connectivity index (χ4n) is 3.09. The first kappa shape index (κ1) is 25.1. The molecule has 0 aliphatic rings. The molecule has 0 heterocycles. The van der Waals surface area contributed by atoms with Crippen molar-refractivity contribution in [3.05, 3.63) is 0 Å². The topological polar surface area (TPSA) is 41.5 Å². The van der Waals surface area contributed by atoms with E-state index in [1.165, 1.54) is 89.9 Å². The van der Waals surface area contributed by atoms with Gasteiger partial charge in [0.15, 0.2) is 0 Å². The predicted molar refractivity (Wildman–Crippen MR) is 116 cm³/mol. The van der Waals surface area contributed by atoms with E-state index in [1.54, 1.807) is 6.21 Å². The third kappa shape index (κ3) is 21.2. The summed E-state index contributed by atoms with van der Waals surface area (Å²) in [6.07, 6.45) is 23.6. The summed E-state index contributed by atoms with van der Waals surface area (Å²) in [7, 11) is 0. The predicted octanol–water partition coefficient (Wildman–Crippen LogP) is 7.40. The van der Waals surface area contributed by atoms with Crippen LogP contribution < -0.4 is 5.43 Å². The molecule has 0 spiro atoms. The smallest absolute Gasteiger partial charge is 0.240 e. The molecule has 1 N–H and O–H groups in total. The minimum absolute atomic E-state index is 0.0553. The number of hydrogen-bond donors (Lipinski definition) is 1. The largest absolute Gasteiger partial charge is 0.273 e. The van der Waals surface area contributed by atoms with Crippen molar-refractivity contribution in [1.82, 2.24) is 5.43 Å². The monoisotopic (exact) mass is 366 g/mol. The summed E-state index contributed by atoms with van der Waals surface area (Å²) < 4.78 is 0. The Morgan fingerprint density at radius 3 is 1.62 bits per heavy atom. The van der Waals surface area contributed by atoms with Crippen LogP contribution >= 0.6 is 0 Å². The summed E-state index contributed by atoms with van der Waals surface area (Å²) in [5.41, 5.74) is 2.62. The van der Waals surface area contributed by atoms with Crippen LogP contribution in [0.15, 0.2) is 5.10 Å². The van der Waals surface area contributed by atoms with Crippen LogP contribution in [0.25, 0.3) is 0 Å². The Morgan fingerprint density at radius 2 is 1.19 bits per heavy atom. The molecule has 0 aliphatic carbocycles. The van der Waals surface area contributed by atoms with E-state index in [0.717, 1.165) is 12.8 Å². The molecule has 0 aromatic rings. The van der Waals surface area contributed by atoms with Gasteiger partial charge in [-0.1, -0.05) is 111 Å². The Bertz CT molecular complexity index is 326. The first-order valence-electron chi connectivity index (χ1n) is 11.5. The standard InChI is InChI=1S/C23H46N2O/c1-4-5-6-7-8-9-10-11-12-13-14-15-16-17-18-19-23(26)25-24-21-20-22(2)3/h21-22H,4-20H2,1-3H3,(H,25,26). The number of carbonyl (C=O) groups excluding carboxylic acids is 1. The molecule has 3 heteroatoms. The maximum atomic E-state index is 11.6. The van der Waals surface area contributed by atoms with Crippen molar-refractivity contribution < 1.29 is 4.79 Å². The molecule has 0 radical (unpaired) electrons. The van der Waals surface area contributed by atoms with E-state index in [-0.39, 0.29) is 5.91 Å². The average molecular weight is 367 g/mol. The molecule has 0 unspecified atom stereocenters. The third-order valence-electron chi connectivity index (χ3n) is 4.86. The molecule has 154 valence electrons. The van der Waals surface area contributed by atoms with Crippen LogP contribution in [0.5, 0.6) is 0 Å². The van der Waals surface area contributed by atoms with Gasteiger partial charge in [-0.15, -0.1) is 0 Å². The fourth-order valence-corrected chi connectivity index (χ4v) is 3.09. The Labute approximate surface area is 163 Å². The molecule has 0 atom stereocenters. The Morgan fingerprint density at radius 1 is 0.769 bits per heavy atom. The molecule has 0 bridgehead atoms. The van der Waals surface area contributed by atoms with Crippen LogP contribution in [0, 0.1) is 5.92 Å². The Kier molecular flexibility index (Phi) is 19.8. The van der Waals surface area contributed by atoms with E-state index >= 15 is 0 Å². The van der Waals surface area contributed by atoms with Gasteiger partial charge in [-0.25, -0.2) is 5.43 Å². The molecule has 0 saturated carbocycles. The van der Waals surface area contributed by atoms with Crippen molar-refractivity contribution in [2.75, 3.05) is 0 Å². The number of rotatable bonds is 19. The van der Waals surface area contributed by atoms with Gasteiger partial charge in [0.05, 0.1) is 0 Å². The molecule has 0 rings (SSSR count). The second-order valence-electron chi connectivity index (χ2n) is 8.18. The highest BCUT2D eigenvalue weighted by Gasteiger charge is 1.99. The normalized spacial score (nSPS) is 11.5. The van der Waals surface area contributed by atoms with Gasteiger partial charge in [-0.3, -0.25) is 4.79 Å². The van der Waals surface area contributed by atoms with Gasteiger partial charge in [-0.05, 0) is 18.8 Å². The van der Waals surface area contributed by atoms with Gasteiger partial charge >= 0.3 is 0 Å². The number of hydrazone groups is 1. The quantitative estimate of drug-likeness (QED) is 0.144. The van der Waals surface area contributed by atoms with Gasteiger partial charge in [0.2, 0.25) is 5.91 Å². The van der Waals surface area contributed by atoms with E-state index in [2.05, 4.69) is 31.3 Å². The molecule has 0 aromatic carbocycles. The molecule has 1 amide bonds. The summed E-state index contributed by atoms with van der Waals surface area (Å²) in [5.74, 6) is 0.644. The van der Waals surface area contributed by atoms with Gasteiger partial charge < -0.3 is 0 Å². The van der Waals surface area contributed by atoms with Gasteiger partial charge in [-0.2, -0.15) is 5.10 Å². The van der Waals surface area contributed by atoms with Crippen LogP contribution in [-0.4, -0.2) is 12.1 Å². The third-order valence-corrected chi connectivity index (χ3v) is 4.86. The minimum Gasteiger partial charge on any atom is -0.273 e. The molecule has 3 nitrogen and oxygen atoms in total. The van der Waals surface area contributed by atoms with Crippen LogP contribution in [0.2, 0.25) is 0 Å². The average Bonchev–Trinajstić information content (AvgIpc) is 2.62. The maximum absolute atomic E-state index is 11.6. The summed E-state index contributed by atoms with van der Waals surface area (Å²) in [4.78, 5) is 11.6. The van der Waals surface area contributed by atoms with Gasteiger partial charge in [0.1, 0.15) is 0 Å². The molecule has 26 heavy (non-hydrogen) atoms. The highest BCUT2D eigenvalue weighted by Crippen LogP contribution is 2.13. The zero-order valence-corrected chi connectivity index (χ0v) is 18.0. The molecular formula is C23H46N2O. The van der Waals surface area contributed by atoms with E-state index < -0.39 is 0 Å². The van der Waals surface area contributed by atoms with E-state index in [9.17, 15) is 4.79 Å². The zero-order chi connectivity index (χ0) is 19.3. The first-order chi connectivity index (χ1) is 12.7. The van der Waals surface area contributed by atoms with Crippen molar-refractivity contribution in [3.8, 4) is 0 Å². The summed E-state index contributed by atoms with van der Waals surface area (Å²) in [6.45, 7) is 6.56. The summed E-state index contributed by atoms with van der Waals surface area (Å²) in [6, 6.07) is 0. The van der Waals surface area contributed by atoms with Crippen LogP contribution in [0.3, 0.4) is 0 Å². The van der Waals surface area contributed by atoms with Crippen LogP contribution in [0.1, 0.15) is 130 Å². The number of nitrogens with zero attached hydrogens (tertiary/aromatic N) is 1. The van der Waals surface area contributed by atoms with E-state index in [4.69, 9.17) is 0 Å². The minimum atomic E-state index is 0.0553. The van der Waals surface area contributed by atoms with Crippen LogP contribution in [0.4, 0.5) is 0 Å². The van der Waals surface area contributed by atoms with Crippen molar-refractivity contribution >= 4 is 12.1 Å². The lowest BCUT2D eigenvalue weighted by Crippen LogP contribution is -2.16. The molecular weight excluding hydrogens is 320 g/mol. The highest BCUT2D eigenvalue weighted by atomic mass is 16.2. The lowest BCUT2D eigenvalue weighted by Gasteiger charge is -2.03. The molecule has 0 aliphatic heterocycles. The van der Waals surface area contributed by atoms with Gasteiger partial charge in [0.25, 0.3) is 0 Å². The fraction of sp³-hybridized carbons (Fsp3) is 0.913. The Balaban J connectivity index is 3.17. The maximum Gasteiger partial charge on any atom is 0.240 e. The molecule has 0 aromatic heterocycles. The number of amides is 1. The van der Waals surface area contributed by atoms with Crippen molar-refractivity contribution in [2.45, 2.75) is 130 Å². The molecule has 0 saturated heterocycles. The first-order valence-corrected chi connectivity index (χ1v) is 11.5. The number of hydrogen-bond acceptors (Lipinski definition) is 2. The zero-order valence-electron chi connectivity index (χ0n) is 18.0. The lowest BCUT2D eigenvalue weighted by molar-refractivity contribution is -0.121. The summed E-state index contributed by atoms with van der Waals surface area (Å²) >= 11 is 0. The Hall–Kier alpha value is -0.860. The van der Waals surface area contributed by atoms with Crippen molar-refractivity contribution in [3.63, 3.8) is 0 Å². The number of nitrogens with one attached hydrogen (secondary N) is 1.